The summed E-state index contributed by atoms with van der Waals surface area (Å²) in [4.78, 5) is 12.2. The van der Waals surface area contributed by atoms with E-state index in [-0.39, 0.29) is 10.6 Å². The fourth-order valence-electron chi connectivity index (χ4n) is 2.47. The maximum absolute atomic E-state index is 13.8. The molecule has 2 aromatic carbocycles. The SMILES string of the molecule is Cc1nn(-c2ccc(NC(=O)c3c(F)cccc3Cl)cc2)c(C)c1Cl. The highest BCUT2D eigenvalue weighted by atomic mass is 35.5. The van der Waals surface area contributed by atoms with Gasteiger partial charge in [0.1, 0.15) is 5.82 Å². The molecule has 0 radical (unpaired) electrons. The van der Waals surface area contributed by atoms with Crippen molar-refractivity contribution in [3.05, 3.63) is 75.3 Å². The van der Waals surface area contributed by atoms with Gasteiger partial charge in [-0.25, -0.2) is 9.07 Å². The number of rotatable bonds is 3. The van der Waals surface area contributed by atoms with Crippen LogP contribution in [0.3, 0.4) is 0 Å². The number of nitrogens with one attached hydrogen (secondary N) is 1. The molecule has 0 fully saturated rings. The summed E-state index contributed by atoms with van der Waals surface area (Å²) in [6.07, 6.45) is 0. The highest BCUT2D eigenvalue weighted by molar-refractivity contribution is 6.34. The minimum atomic E-state index is -0.668. The van der Waals surface area contributed by atoms with E-state index in [2.05, 4.69) is 10.4 Å². The standard InChI is InChI=1S/C18H14Cl2FN3O/c1-10-17(20)11(2)24(23-10)13-8-6-12(7-9-13)22-18(25)16-14(19)4-3-5-15(16)21/h3-9H,1-2H3,(H,22,25). The number of aryl methyl sites for hydroxylation is 1. The van der Waals surface area contributed by atoms with Gasteiger partial charge in [0.2, 0.25) is 0 Å². The Morgan fingerprint density at radius 3 is 2.36 bits per heavy atom. The molecule has 128 valence electrons. The third-order valence-electron chi connectivity index (χ3n) is 3.76. The zero-order chi connectivity index (χ0) is 18.1. The largest absolute Gasteiger partial charge is 0.322 e. The first-order valence-electron chi connectivity index (χ1n) is 7.46. The van der Waals surface area contributed by atoms with Crippen molar-refractivity contribution in [3.63, 3.8) is 0 Å². The van der Waals surface area contributed by atoms with E-state index < -0.39 is 11.7 Å². The lowest BCUT2D eigenvalue weighted by atomic mass is 10.2. The Morgan fingerprint density at radius 1 is 1.12 bits per heavy atom. The van der Waals surface area contributed by atoms with Gasteiger partial charge in [-0.1, -0.05) is 29.3 Å². The second-order valence-electron chi connectivity index (χ2n) is 5.49. The maximum Gasteiger partial charge on any atom is 0.260 e. The van der Waals surface area contributed by atoms with Gasteiger partial charge in [-0.05, 0) is 50.2 Å². The molecule has 1 aromatic heterocycles. The summed E-state index contributed by atoms with van der Waals surface area (Å²) >= 11 is 12.1. The number of anilines is 1. The molecule has 1 N–H and O–H groups in total. The third kappa shape index (κ3) is 3.38. The summed E-state index contributed by atoms with van der Waals surface area (Å²) in [5.41, 5.74) is 2.70. The van der Waals surface area contributed by atoms with Gasteiger partial charge in [-0.2, -0.15) is 5.10 Å². The topological polar surface area (TPSA) is 46.9 Å². The number of carbonyl (C=O) groups excluding carboxylic acids is 1. The summed E-state index contributed by atoms with van der Waals surface area (Å²) < 4.78 is 15.5. The van der Waals surface area contributed by atoms with Crippen molar-refractivity contribution in [1.82, 2.24) is 9.78 Å². The molecule has 0 aliphatic carbocycles. The average molecular weight is 378 g/mol. The molecule has 7 heteroatoms. The van der Waals surface area contributed by atoms with Crippen molar-refractivity contribution in [1.29, 1.82) is 0 Å². The number of halogens is 3. The van der Waals surface area contributed by atoms with E-state index in [1.54, 1.807) is 28.9 Å². The Morgan fingerprint density at radius 2 is 1.80 bits per heavy atom. The molecule has 4 nitrogen and oxygen atoms in total. The minimum Gasteiger partial charge on any atom is -0.322 e. The smallest absolute Gasteiger partial charge is 0.260 e. The van der Waals surface area contributed by atoms with E-state index in [0.717, 1.165) is 17.1 Å². The van der Waals surface area contributed by atoms with Crippen LogP contribution in [0, 0.1) is 19.7 Å². The minimum absolute atomic E-state index is 0.0615. The molecule has 1 amide bonds. The first kappa shape index (κ1) is 17.5. The highest BCUT2D eigenvalue weighted by Crippen LogP contribution is 2.24. The van der Waals surface area contributed by atoms with Gasteiger partial charge >= 0.3 is 0 Å². The molecule has 3 aromatic rings. The zero-order valence-corrected chi connectivity index (χ0v) is 15.0. The number of hydrogen-bond acceptors (Lipinski definition) is 2. The van der Waals surface area contributed by atoms with Gasteiger partial charge in [0, 0.05) is 5.69 Å². The summed E-state index contributed by atoms with van der Waals surface area (Å²) in [5.74, 6) is -1.27. The lowest BCUT2D eigenvalue weighted by molar-refractivity contribution is 0.102. The number of hydrogen-bond donors (Lipinski definition) is 1. The number of benzene rings is 2. The molecule has 0 atom stereocenters. The fourth-order valence-corrected chi connectivity index (χ4v) is 2.84. The van der Waals surface area contributed by atoms with Crippen LogP contribution in [-0.4, -0.2) is 15.7 Å². The monoisotopic (exact) mass is 377 g/mol. The summed E-state index contributed by atoms with van der Waals surface area (Å²) in [6, 6.07) is 11.1. The van der Waals surface area contributed by atoms with Gasteiger partial charge in [-0.15, -0.1) is 0 Å². The lowest BCUT2D eigenvalue weighted by Crippen LogP contribution is -2.14. The molecular weight excluding hydrogens is 364 g/mol. The first-order chi connectivity index (χ1) is 11.9. The lowest BCUT2D eigenvalue weighted by Gasteiger charge is -2.09. The molecule has 0 bridgehead atoms. The normalized spacial score (nSPS) is 10.8. The molecule has 0 saturated heterocycles. The average Bonchev–Trinajstić information content (AvgIpc) is 2.83. The summed E-state index contributed by atoms with van der Waals surface area (Å²) in [5, 5.41) is 7.68. The Labute approximate surface area is 154 Å². The van der Waals surface area contributed by atoms with Gasteiger partial charge in [0.15, 0.2) is 0 Å². The predicted molar refractivity (Wildman–Crippen MR) is 97.4 cm³/mol. The van der Waals surface area contributed by atoms with E-state index in [1.807, 2.05) is 13.8 Å². The maximum atomic E-state index is 13.8. The molecule has 25 heavy (non-hydrogen) atoms. The molecule has 0 saturated carbocycles. The Kier molecular flexibility index (Phi) is 4.79. The van der Waals surface area contributed by atoms with Gasteiger partial charge < -0.3 is 5.32 Å². The van der Waals surface area contributed by atoms with Crippen LogP contribution in [-0.2, 0) is 0 Å². The first-order valence-corrected chi connectivity index (χ1v) is 8.21. The Bertz CT molecular complexity index is 931. The Balaban J connectivity index is 1.83. The second-order valence-corrected chi connectivity index (χ2v) is 6.28. The number of aromatic nitrogens is 2. The summed E-state index contributed by atoms with van der Waals surface area (Å²) in [6.45, 7) is 3.71. The van der Waals surface area contributed by atoms with Crippen LogP contribution in [0.25, 0.3) is 5.69 Å². The van der Waals surface area contributed by atoms with Crippen LogP contribution < -0.4 is 5.32 Å². The number of nitrogens with zero attached hydrogens (tertiary/aromatic N) is 2. The zero-order valence-electron chi connectivity index (χ0n) is 13.5. The number of carbonyl (C=O) groups is 1. The van der Waals surface area contributed by atoms with Crippen molar-refractivity contribution in [2.24, 2.45) is 0 Å². The van der Waals surface area contributed by atoms with E-state index in [9.17, 15) is 9.18 Å². The molecule has 0 aliphatic rings. The van der Waals surface area contributed by atoms with Crippen molar-refractivity contribution in [2.75, 3.05) is 5.32 Å². The molecule has 0 aliphatic heterocycles. The quantitative estimate of drug-likeness (QED) is 0.682. The highest BCUT2D eigenvalue weighted by Gasteiger charge is 2.16. The van der Waals surface area contributed by atoms with Crippen molar-refractivity contribution in [2.45, 2.75) is 13.8 Å². The van der Waals surface area contributed by atoms with Gasteiger partial charge in [0.05, 0.1) is 32.7 Å². The van der Waals surface area contributed by atoms with Crippen molar-refractivity contribution >= 4 is 34.8 Å². The predicted octanol–water partition coefficient (Wildman–Crippen LogP) is 5.19. The van der Waals surface area contributed by atoms with Crippen LogP contribution in [0.4, 0.5) is 10.1 Å². The van der Waals surface area contributed by atoms with Crippen LogP contribution in [0.15, 0.2) is 42.5 Å². The van der Waals surface area contributed by atoms with Crippen molar-refractivity contribution in [3.8, 4) is 5.69 Å². The van der Waals surface area contributed by atoms with E-state index in [0.29, 0.717) is 10.7 Å². The van der Waals surface area contributed by atoms with Crippen LogP contribution in [0.1, 0.15) is 21.7 Å². The molecule has 3 rings (SSSR count). The summed E-state index contributed by atoms with van der Waals surface area (Å²) in [7, 11) is 0. The van der Waals surface area contributed by atoms with Crippen LogP contribution in [0.5, 0.6) is 0 Å². The van der Waals surface area contributed by atoms with E-state index in [4.69, 9.17) is 23.2 Å². The van der Waals surface area contributed by atoms with Gasteiger partial charge in [0.25, 0.3) is 5.91 Å². The third-order valence-corrected chi connectivity index (χ3v) is 4.62. The van der Waals surface area contributed by atoms with E-state index >= 15 is 0 Å². The van der Waals surface area contributed by atoms with Crippen LogP contribution >= 0.6 is 23.2 Å². The molecule has 1 heterocycles. The second kappa shape index (κ2) is 6.86. The number of amides is 1. The van der Waals surface area contributed by atoms with Crippen LogP contribution in [0.2, 0.25) is 10.0 Å². The van der Waals surface area contributed by atoms with Crippen molar-refractivity contribution < 1.29 is 9.18 Å². The Hall–Kier alpha value is -2.37. The molecular formula is C18H14Cl2FN3O. The van der Waals surface area contributed by atoms with E-state index in [1.165, 1.54) is 18.2 Å². The fraction of sp³-hybridized carbons (Fsp3) is 0.111. The molecule has 0 unspecified atom stereocenters. The molecule has 0 spiro atoms. The van der Waals surface area contributed by atoms with Gasteiger partial charge in [-0.3, -0.25) is 4.79 Å².